The lowest BCUT2D eigenvalue weighted by Crippen LogP contribution is -2.41. The molecule has 0 spiro atoms. The summed E-state index contributed by atoms with van der Waals surface area (Å²) >= 11 is 6.20. The molecule has 1 amide bonds. The molecule has 0 saturated carbocycles. The van der Waals surface area contributed by atoms with E-state index in [1.807, 2.05) is 17.0 Å². The molecule has 0 aliphatic carbocycles. The first-order valence-corrected chi connectivity index (χ1v) is 7.61. The SMILES string of the molecule is COC[C@H]1CCCN(C(=O)Cc2c(Cl)cccc2OC)C1. The molecule has 0 unspecified atom stereocenters. The second-order valence-electron chi connectivity index (χ2n) is 5.40. The Labute approximate surface area is 131 Å². The normalized spacial score (nSPS) is 18.6. The maximum Gasteiger partial charge on any atom is 0.227 e. The molecule has 1 fully saturated rings. The molecule has 0 N–H and O–H groups in total. The highest BCUT2D eigenvalue weighted by atomic mass is 35.5. The number of rotatable bonds is 5. The zero-order valence-electron chi connectivity index (χ0n) is 12.6. The number of piperidine rings is 1. The molecule has 1 aliphatic rings. The van der Waals surface area contributed by atoms with E-state index in [1.165, 1.54) is 0 Å². The number of ether oxygens (including phenoxy) is 2. The van der Waals surface area contributed by atoms with Gasteiger partial charge in [0.15, 0.2) is 0 Å². The Kier molecular flexibility index (Phi) is 5.88. The van der Waals surface area contributed by atoms with Crippen molar-refractivity contribution in [1.82, 2.24) is 4.90 Å². The molecule has 1 heterocycles. The van der Waals surface area contributed by atoms with Gasteiger partial charge in [0.1, 0.15) is 5.75 Å². The maximum atomic E-state index is 12.5. The Morgan fingerprint density at radius 1 is 1.43 bits per heavy atom. The largest absolute Gasteiger partial charge is 0.496 e. The number of benzene rings is 1. The molecule has 0 radical (unpaired) electrons. The second-order valence-corrected chi connectivity index (χ2v) is 5.81. The number of nitrogens with zero attached hydrogens (tertiary/aromatic N) is 1. The monoisotopic (exact) mass is 311 g/mol. The van der Waals surface area contributed by atoms with Crippen LogP contribution in [-0.4, -0.2) is 44.7 Å². The van der Waals surface area contributed by atoms with Crippen molar-refractivity contribution in [3.8, 4) is 5.75 Å². The van der Waals surface area contributed by atoms with Gasteiger partial charge in [-0.25, -0.2) is 0 Å². The molecule has 5 heteroatoms. The highest BCUT2D eigenvalue weighted by Crippen LogP contribution is 2.28. The lowest BCUT2D eigenvalue weighted by molar-refractivity contribution is -0.132. The number of amides is 1. The van der Waals surface area contributed by atoms with Crippen molar-refractivity contribution in [3.63, 3.8) is 0 Å². The number of halogens is 1. The fourth-order valence-corrected chi connectivity index (χ4v) is 3.06. The van der Waals surface area contributed by atoms with Crippen LogP contribution in [0, 0.1) is 5.92 Å². The number of hydrogen-bond acceptors (Lipinski definition) is 3. The number of hydrogen-bond donors (Lipinski definition) is 0. The van der Waals surface area contributed by atoms with E-state index >= 15 is 0 Å². The molecule has 0 aromatic heterocycles. The van der Waals surface area contributed by atoms with Gasteiger partial charge in [0, 0.05) is 30.8 Å². The van der Waals surface area contributed by atoms with Gasteiger partial charge in [-0.1, -0.05) is 17.7 Å². The van der Waals surface area contributed by atoms with Crippen molar-refractivity contribution < 1.29 is 14.3 Å². The molecule has 0 bridgehead atoms. The fraction of sp³-hybridized carbons (Fsp3) is 0.562. The molecule has 116 valence electrons. The molecule has 21 heavy (non-hydrogen) atoms. The standard InChI is InChI=1S/C16H22ClNO3/c1-20-11-12-5-4-8-18(10-12)16(19)9-13-14(17)6-3-7-15(13)21-2/h3,6-7,12H,4-5,8-11H2,1-2H3/t12-/m0/s1. The Hall–Kier alpha value is -1.26. The van der Waals surface area contributed by atoms with Crippen LogP contribution in [0.25, 0.3) is 0 Å². The summed E-state index contributed by atoms with van der Waals surface area (Å²) in [6.07, 6.45) is 2.43. The molecule has 2 rings (SSSR count). The van der Waals surface area contributed by atoms with Crippen molar-refractivity contribution in [2.75, 3.05) is 33.9 Å². The summed E-state index contributed by atoms with van der Waals surface area (Å²) in [5.41, 5.74) is 0.764. The van der Waals surface area contributed by atoms with Crippen LogP contribution in [0.3, 0.4) is 0 Å². The minimum atomic E-state index is 0.0993. The first-order chi connectivity index (χ1) is 10.2. The fourth-order valence-electron chi connectivity index (χ4n) is 2.83. The minimum Gasteiger partial charge on any atom is -0.496 e. The molecule has 1 aromatic carbocycles. The van der Waals surface area contributed by atoms with Gasteiger partial charge >= 0.3 is 0 Å². The molecule has 1 aliphatic heterocycles. The minimum absolute atomic E-state index is 0.0993. The maximum absolute atomic E-state index is 12.5. The van der Waals surface area contributed by atoms with E-state index in [0.29, 0.717) is 23.3 Å². The van der Waals surface area contributed by atoms with E-state index < -0.39 is 0 Å². The quantitative estimate of drug-likeness (QED) is 0.839. The topological polar surface area (TPSA) is 38.8 Å². The number of carbonyl (C=O) groups excluding carboxylic acids is 1. The first kappa shape index (κ1) is 16.1. The van der Waals surface area contributed by atoms with Gasteiger partial charge in [0.2, 0.25) is 5.91 Å². The van der Waals surface area contributed by atoms with Gasteiger partial charge in [0.25, 0.3) is 0 Å². The second kappa shape index (κ2) is 7.66. The van der Waals surface area contributed by atoms with Crippen molar-refractivity contribution in [1.29, 1.82) is 0 Å². The van der Waals surface area contributed by atoms with Gasteiger partial charge in [-0.2, -0.15) is 0 Å². The summed E-state index contributed by atoms with van der Waals surface area (Å²) in [5.74, 6) is 1.20. The van der Waals surface area contributed by atoms with E-state index in [0.717, 1.165) is 31.5 Å². The van der Waals surface area contributed by atoms with Crippen LogP contribution in [0.5, 0.6) is 5.75 Å². The number of carbonyl (C=O) groups is 1. The van der Waals surface area contributed by atoms with Crippen LogP contribution < -0.4 is 4.74 Å². The van der Waals surface area contributed by atoms with Gasteiger partial charge in [-0.15, -0.1) is 0 Å². The average molecular weight is 312 g/mol. The Bertz CT molecular complexity index is 490. The Morgan fingerprint density at radius 2 is 2.24 bits per heavy atom. The third kappa shape index (κ3) is 4.11. The molecule has 1 atom stereocenters. The summed E-state index contributed by atoms with van der Waals surface area (Å²) < 4.78 is 10.5. The average Bonchev–Trinajstić information content (AvgIpc) is 2.50. The molecule has 1 aromatic rings. The van der Waals surface area contributed by atoms with Crippen molar-refractivity contribution in [2.45, 2.75) is 19.3 Å². The van der Waals surface area contributed by atoms with E-state index in [-0.39, 0.29) is 12.3 Å². The zero-order valence-corrected chi connectivity index (χ0v) is 13.4. The molecule has 1 saturated heterocycles. The molecular formula is C16H22ClNO3. The number of methoxy groups -OCH3 is 2. The van der Waals surface area contributed by atoms with Crippen molar-refractivity contribution in [3.05, 3.63) is 28.8 Å². The van der Waals surface area contributed by atoms with Gasteiger partial charge < -0.3 is 14.4 Å². The van der Waals surface area contributed by atoms with E-state index in [9.17, 15) is 4.79 Å². The van der Waals surface area contributed by atoms with Crippen molar-refractivity contribution >= 4 is 17.5 Å². The molecule has 4 nitrogen and oxygen atoms in total. The van der Waals surface area contributed by atoms with Crippen LogP contribution in [-0.2, 0) is 16.0 Å². The van der Waals surface area contributed by atoms with Crippen LogP contribution in [0.2, 0.25) is 5.02 Å². The highest BCUT2D eigenvalue weighted by Gasteiger charge is 2.24. The summed E-state index contributed by atoms with van der Waals surface area (Å²) in [6, 6.07) is 5.44. The summed E-state index contributed by atoms with van der Waals surface area (Å²) in [5, 5.41) is 0.577. The van der Waals surface area contributed by atoms with Crippen LogP contribution in [0.1, 0.15) is 18.4 Å². The third-order valence-corrected chi connectivity index (χ3v) is 4.25. The third-order valence-electron chi connectivity index (χ3n) is 3.90. The highest BCUT2D eigenvalue weighted by molar-refractivity contribution is 6.31. The van der Waals surface area contributed by atoms with Crippen LogP contribution in [0.4, 0.5) is 0 Å². The molecular weight excluding hydrogens is 290 g/mol. The van der Waals surface area contributed by atoms with E-state index in [2.05, 4.69) is 0 Å². The predicted molar refractivity (Wildman–Crippen MR) is 82.9 cm³/mol. The predicted octanol–water partition coefficient (Wildman–Crippen LogP) is 2.78. The summed E-state index contributed by atoms with van der Waals surface area (Å²) in [7, 11) is 3.30. The van der Waals surface area contributed by atoms with Gasteiger partial charge in [-0.05, 0) is 30.9 Å². The van der Waals surface area contributed by atoms with Crippen LogP contribution >= 0.6 is 11.6 Å². The Balaban J connectivity index is 2.04. The van der Waals surface area contributed by atoms with Gasteiger partial charge in [-0.3, -0.25) is 4.79 Å². The summed E-state index contributed by atoms with van der Waals surface area (Å²) in [6.45, 7) is 2.28. The smallest absolute Gasteiger partial charge is 0.227 e. The lowest BCUT2D eigenvalue weighted by Gasteiger charge is -2.32. The summed E-state index contributed by atoms with van der Waals surface area (Å²) in [4.78, 5) is 14.4. The zero-order chi connectivity index (χ0) is 15.2. The van der Waals surface area contributed by atoms with E-state index in [1.54, 1.807) is 20.3 Å². The first-order valence-electron chi connectivity index (χ1n) is 7.23. The van der Waals surface area contributed by atoms with Gasteiger partial charge in [0.05, 0.1) is 20.1 Å². The van der Waals surface area contributed by atoms with Crippen molar-refractivity contribution in [2.24, 2.45) is 5.92 Å². The number of likely N-dealkylation sites (tertiary alicyclic amines) is 1. The van der Waals surface area contributed by atoms with Crippen LogP contribution in [0.15, 0.2) is 18.2 Å². The Morgan fingerprint density at radius 3 is 2.95 bits per heavy atom. The lowest BCUT2D eigenvalue weighted by atomic mass is 9.98. The van der Waals surface area contributed by atoms with E-state index in [4.69, 9.17) is 21.1 Å².